The Labute approximate surface area is 110 Å². The maximum Gasteiger partial charge on any atom is 0.145 e. The number of nitrogens with two attached hydrogens (primary N) is 1. The van der Waals surface area contributed by atoms with Crippen molar-refractivity contribution in [3.8, 4) is 0 Å². The molecule has 0 atom stereocenters. The molecule has 0 aromatic carbocycles. The van der Waals surface area contributed by atoms with Gasteiger partial charge < -0.3 is 10.6 Å². The molecule has 0 spiro atoms. The van der Waals surface area contributed by atoms with Gasteiger partial charge in [-0.25, -0.2) is 0 Å². The molecule has 1 aliphatic rings. The van der Waals surface area contributed by atoms with Gasteiger partial charge in [0.25, 0.3) is 0 Å². The average Bonchev–Trinajstić information content (AvgIpc) is 2.83. The van der Waals surface area contributed by atoms with Crippen LogP contribution in [-0.4, -0.2) is 34.3 Å². The molecule has 0 aliphatic carbocycles. The van der Waals surface area contributed by atoms with Gasteiger partial charge in [-0.1, -0.05) is 26.7 Å². The second kappa shape index (κ2) is 6.23. The summed E-state index contributed by atoms with van der Waals surface area (Å²) in [6, 6.07) is 2.43. The third kappa shape index (κ3) is 3.25. The van der Waals surface area contributed by atoms with Crippen molar-refractivity contribution in [1.29, 1.82) is 0 Å². The fraction of sp³-hybridized carbons (Fsp3) is 0.786. The van der Waals surface area contributed by atoms with E-state index in [1.165, 1.54) is 45.3 Å². The minimum atomic E-state index is 0.542. The molecule has 0 amide bonds. The third-order valence-electron chi connectivity index (χ3n) is 4.23. The first-order valence-electron chi connectivity index (χ1n) is 7.25. The molecule has 1 aromatic rings. The van der Waals surface area contributed by atoms with Gasteiger partial charge in [0.2, 0.25) is 0 Å². The summed E-state index contributed by atoms with van der Waals surface area (Å²) in [5.41, 5.74) is 5.67. The fourth-order valence-electron chi connectivity index (χ4n) is 2.83. The molecule has 2 N–H and O–H groups in total. The Morgan fingerprint density at radius 3 is 2.50 bits per heavy atom. The molecular weight excluding hydrogens is 224 g/mol. The molecule has 1 aromatic heterocycles. The molecular formula is C14H26N4. The van der Waals surface area contributed by atoms with Gasteiger partial charge in [-0.2, -0.15) is 5.10 Å². The van der Waals surface area contributed by atoms with Crippen molar-refractivity contribution < 1.29 is 0 Å². The quantitative estimate of drug-likeness (QED) is 0.873. The number of aromatic nitrogens is 2. The monoisotopic (exact) mass is 250 g/mol. The molecule has 4 nitrogen and oxygen atoms in total. The molecule has 0 radical (unpaired) electrons. The average molecular weight is 250 g/mol. The molecule has 2 heterocycles. The van der Waals surface area contributed by atoms with Crippen LogP contribution in [0, 0.1) is 5.92 Å². The van der Waals surface area contributed by atoms with Crippen molar-refractivity contribution in [2.24, 2.45) is 5.92 Å². The summed E-state index contributed by atoms with van der Waals surface area (Å²) in [4.78, 5) is 2.61. The highest BCUT2D eigenvalue weighted by Crippen LogP contribution is 2.23. The van der Waals surface area contributed by atoms with Crippen LogP contribution in [0.4, 0.5) is 5.82 Å². The van der Waals surface area contributed by atoms with E-state index in [9.17, 15) is 0 Å². The Balaban J connectivity index is 1.81. The summed E-state index contributed by atoms with van der Waals surface area (Å²) < 4.78 is 2.05. The van der Waals surface area contributed by atoms with Crippen molar-refractivity contribution in [3.63, 3.8) is 0 Å². The van der Waals surface area contributed by atoms with E-state index in [-0.39, 0.29) is 0 Å². The minimum Gasteiger partial charge on any atom is -0.382 e. The SMILES string of the molecule is CCC(CC)CN1CCC(n2ccc(N)n2)CC1. The van der Waals surface area contributed by atoms with Gasteiger partial charge in [-0.05, 0) is 24.8 Å². The van der Waals surface area contributed by atoms with Crippen LogP contribution in [-0.2, 0) is 0 Å². The summed E-state index contributed by atoms with van der Waals surface area (Å²) in [7, 11) is 0. The molecule has 102 valence electrons. The summed E-state index contributed by atoms with van der Waals surface area (Å²) in [6.45, 7) is 8.25. The van der Waals surface area contributed by atoms with Crippen LogP contribution < -0.4 is 5.73 Å². The number of anilines is 1. The predicted octanol–water partition coefficient (Wildman–Crippen LogP) is 2.54. The first-order chi connectivity index (χ1) is 8.72. The zero-order chi connectivity index (χ0) is 13.0. The van der Waals surface area contributed by atoms with Gasteiger partial charge in [0.1, 0.15) is 5.82 Å². The van der Waals surface area contributed by atoms with Gasteiger partial charge in [-0.3, -0.25) is 4.68 Å². The Bertz CT molecular complexity index is 348. The largest absolute Gasteiger partial charge is 0.382 e. The normalized spacial score (nSPS) is 18.6. The third-order valence-corrected chi connectivity index (χ3v) is 4.23. The number of nitrogen functional groups attached to an aromatic ring is 1. The van der Waals surface area contributed by atoms with Gasteiger partial charge in [0.15, 0.2) is 0 Å². The van der Waals surface area contributed by atoms with Crippen molar-refractivity contribution in [1.82, 2.24) is 14.7 Å². The Hall–Kier alpha value is -1.03. The van der Waals surface area contributed by atoms with E-state index in [4.69, 9.17) is 5.73 Å². The van der Waals surface area contributed by atoms with E-state index in [1.54, 1.807) is 0 Å². The molecule has 0 unspecified atom stereocenters. The van der Waals surface area contributed by atoms with Crippen molar-refractivity contribution in [3.05, 3.63) is 12.3 Å². The molecule has 1 aliphatic heterocycles. The molecule has 1 saturated heterocycles. The van der Waals surface area contributed by atoms with E-state index in [0.29, 0.717) is 11.9 Å². The van der Waals surface area contributed by atoms with Crippen LogP contribution >= 0.6 is 0 Å². The van der Waals surface area contributed by atoms with Gasteiger partial charge in [-0.15, -0.1) is 0 Å². The van der Waals surface area contributed by atoms with E-state index in [1.807, 2.05) is 16.9 Å². The molecule has 1 fully saturated rings. The number of likely N-dealkylation sites (tertiary alicyclic amines) is 1. The number of piperidine rings is 1. The fourth-order valence-corrected chi connectivity index (χ4v) is 2.83. The topological polar surface area (TPSA) is 47.1 Å². The minimum absolute atomic E-state index is 0.542. The highest BCUT2D eigenvalue weighted by Gasteiger charge is 2.22. The standard InChI is InChI=1S/C14H26N4/c1-3-12(4-2)11-17-8-5-13(6-9-17)18-10-7-14(15)16-18/h7,10,12-13H,3-6,8-9,11H2,1-2H3,(H2,15,16). The lowest BCUT2D eigenvalue weighted by Gasteiger charge is -2.34. The maximum atomic E-state index is 5.67. The zero-order valence-electron chi connectivity index (χ0n) is 11.7. The Morgan fingerprint density at radius 1 is 1.33 bits per heavy atom. The number of hydrogen-bond donors (Lipinski definition) is 1. The van der Waals surface area contributed by atoms with E-state index >= 15 is 0 Å². The van der Waals surface area contributed by atoms with E-state index in [2.05, 4.69) is 23.8 Å². The van der Waals surface area contributed by atoms with Crippen LogP contribution in [0.15, 0.2) is 12.3 Å². The summed E-state index contributed by atoms with van der Waals surface area (Å²) in [5.74, 6) is 1.50. The highest BCUT2D eigenvalue weighted by atomic mass is 15.3. The molecule has 0 bridgehead atoms. The molecule has 0 saturated carbocycles. The Morgan fingerprint density at radius 2 is 2.00 bits per heavy atom. The van der Waals surface area contributed by atoms with Crippen LogP contribution in [0.3, 0.4) is 0 Å². The second-order valence-electron chi connectivity index (χ2n) is 5.43. The van der Waals surface area contributed by atoms with E-state index in [0.717, 1.165) is 5.92 Å². The summed E-state index contributed by atoms with van der Waals surface area (Å²) >= 11 is 0. The van der Waals surface area contributed by atoms with Crippen molar-refractivity contribution >= 4 is 5.82 Å². The summed E-state index contributed by atoms with van der Waals surface area (Å²) in [6.07, 6.45) is 7.00. The first-order valence-corrected chi connectivity index (χ1v) is 7.25. The molecule has 2 rings (SSSR count). The van der Waals surface area contributed by atoms with Crippen molar-refractivity contribution in [2.75, 3.05) is 25.4 Å². The van der Waals surface area contributed by atoms with Crippen LogP contribution in [0.2, 0.25) is 0 Å². The lowest BCUT2D eigenvalue weighted by molar-refractivity contribution is 0.154. The van der Waals surface area contributed by atoms with Crippen LogP contribution in [0.25, 0.3) is 0 Å². The zero-order valence-corrected chi connectivity index (χ0v) is 11.7. The van der Waals surface area contributed by atoms with Crippen LogP contribution in [0.1, 0.15) is 45.6 Å². The molecule has 18 heavy (non-hydrogen) atoms. The van der Waals surface area contributed by atoms with Gasteiger partial charge >= 0.3 is 0 Å². The van der Waals surface area contributed by atoms with Crippen LogP contribution in [0.5, 0.6) is 0 Å². The number of rotatable bonds is 5. The Kier molecular flexibility index (Phi) is 4.64. The molecule has 4 heteroatoms. The first kappa shape index (κ1) is 13.4. The lowest BCUT2D eigenvalue weighted by atomic mass is 9.99. The lowest BCUT2D eigenvalue weighted by Crippen LogP contribution is -2.37. The highest BCUT2D eigenvalue weighted by molar-refractivity contribution is 5.24. The van der Waals surface area contributed by atoms with Gasteiger partial charge in [0.05, 0.1) is 6.04 Å². The number of nitrogens with zero attached hydrogens (tertiary/aromatic N) is 3. The van der Waals surface area contributed by atoms with Crippen molar-refractivity contribution in [2.45, 2.75) is 45.6 Å². The second-order valence-corrected chi connectivity index (χ2v) is 5.43. The van der Waals surface area contributed by atoms with E-state index < -0.39 is 0 Å². The smallest absolute Gasteiger partial charge is 0.145 e. The summed E-state index contributed by atoms with van der Waals surface area (Å²) in [5, 5.41) is 4.33. The maximum absolute atomic E-state index is 5.67. The van der Waals surface area contributed by atoms with Gasteiger partial charge in [0, 0.05) is 25.8 Å². The predicted molar refractivity (Wildman–Crippen MR) is 75.4 cm³/mol. The number of hydrogen-bond acceptors (Lipinski definition) is 3.